The molecule has 0 bridgehead atoms. The van der Waals surface area contributed by atoms with E-state index in [-0.39, 0.29) is 18.3 Å². The Morgan fingerprint density at radius 2 is 2.10 bits per heavy atom. The van der Waals surface area contributed by atoms with E-state index in [0.29, 0.717) is 34.7 Å². The molecule has 1 aromatic heterocycles. The van der Waals surface area contributed by atoms with Crippen LogP contribution in [-0.2, 0) is 4.79 Å². The number of aromatic nitrogens is 2. The third kappa shape index (κ3) is 4.60. The van der Waals surface area contributed by atoms with Gasteiger partial charge >= 0.3 is 0 Å². The highest BCUT2D eigenvalue weighted by Gasteiger charge is 2.28. The first kappa shape index (κ1) is 20.3. The maximum absolute atomic E-state index is 14.1. The van der Waals surface area contributed by atoms with E-state index in [1.807, 2.05) is 0 Å². The Hall–Kier alpha value is -2.98. The third-order valence-electron chi connectivity index (χ3n) is 4.62. The SMILES string of the molecule is Cc1c(Oc2cccc(/C=C3\SC(=O)NC3=O)c2)ncnc1OC1CCNCC1F. The Morgan fingerprint density at radius 1 is 1.27 bits per heavy atom. The molecule has 2 aliphatic heterocycles. The van der Waals surface area contributed by atoms with Crippen molar-refractivity contribution in [2.45, 2.75) is 25.6 Å². The van der Waals surface area contributed by atoms with E-state index < -0.39 is 23.4 Å². The van der Waals surface area contributed by atoms with Crippen molar-refractivity contribution in [2.75, 3.05) is 13.1 Å². The van der Waals surface area contributed by atoms with Gasteiger partial charge in [0.2, 0.25) is 11.8 Å². The van der Waals surface area contributed by atoms with Crippen molar-refractivity contribution in [1.29, 1.82) is 0 Å². The van der Waals surface area contributed by atoms with E-state index in [4.69, 9.17) is 9.47 Å². The molecule has 30 heavy (non-hydrogen) atoms. The number of imide groups is 1. The molecule has 3 heterocycles. The first-order valence-corrected chi connectivity index (χ1v) is 10.2. The van der Waals surface area contributed by atoms with Gasteiger partial charge in [0.25, 0.3) is 11.1 Å². The highest BCUT2D eigenvalue weighted by atomic mass is 32.2. The van der Waals surface area contributed by atoms with Crippen LogP contribution in [0.1, 0.15) is 17.5 Å². The second-order valence-corrected chi connectivity index (χ2v) is 7.82. The monoisotopic (exact) mass is 430 g/mol. The maximum atomic E-state index is 14.1. The van der Waals surface area contributed by atoms with Crippen molar-refractivity contribution in [1.82, 2.24) is 20.6 Å². The summed E-state index contributed by atoms with van der Waals surface area (Å²) in [4.78, 5) is 31.6. The fourth-order valence-corrected chi connectivity index (χ4v) is 3.75. The molecule has 1 aromatic carbocycles. The molecular weight excluding hydrogens is 411 g/mol. The molecule has 2 aromatic rings. The fraction of sp³-hybridized carbons (Fsp3) is 0.300. The normalized spacial score (nSPS) is 22.8. The van der Waals surface area contributed by atoms with Crippen LogP contribution in [0.4, 0.5) is 9.18 Å². The van der Waals surface area contributed by atoms with Crippen molar-refractivity contribution >= 4 is 29.0 Å². The lowest BCUT2D eigenvalue weighted by atomic mass is 10.1. The van der Waals surface area contributed by atoms with Crippen molar-refractivity contribution < 1.29 is 23.5 Å². The number of hydrogen-bond donors (Lipinski definition) is 2. The molecule has 2 fully saturated rings. The van der Waals surface area contributed by atoms with Crippen LogP contribution in [0, 0.1) is 6.92 Å². The van der Waals surface area contributed by atoms with Crippen molar-refractivity contribution in [3.8, 4) is 17.5 Å². The Labute approximate surface area is 176 Å². The number of carbonyl (C=O) groups is 2. The van der Waals surface area contributed by atoms with E-state index in [1.165, 1.54) is 6.33 Å². The lowest BCUT2D eigenvalue weighted by Crippen LogP contribution is -2.44. The van der Waals surface area contributed by atoms with Crippen LogP contribution in [-0.4, -0.2) is 46.5 Å². The first-order valence-electron chi connectivity index (χ1n) is 9.35. The lowest BCUT2D eigenvalue weighted by molar-refractivity contribution is -0.115. The highest BCUT2D eigenvalue weighted by molar-refractivity contribution is 8.18. The van der Waals surface area contributed by atoms with Gasteiger partial charge in [0.1, 0.15) is 24.4 Å². The number of ether oxygens (including phenoxy) is 2. The zero-order valence-corrected chi connectivity index (χ0v) is 16.9. The van der Waals surface area contributed by atoms with Crippen LogP contribution in [0.5, 0.6) is 17.5 Å². The second-order valence-electron chi connectivity index (χ2n) is 6.80. The van der Waals surface area contributed by atoms with Gasteiger partial charge < -0.3 is 14.8 Å². The molecule has 2 aliphatic rings. The molecule has 10 heteroatoms. The van der Waals surface area contributed by atoms with E-state index >= 15 is 0 Å². The lowest BCUT2D eigenvalue weighted by Gasteiger charge is -2.27. The molecule has 4 rings (SSSR count). The largest absolute Gasteiger partial charge is 0.471 e. The van der Waals surface area contributed by atoms with Gasteiger partial charge in [0.15, 0.2) is 0 Å². The summed E-state index contributed by atoms with van der Waals surface area (Å²) < 4.78 is 25.7. The number of rotatable bonds is 5. The summed E-state index contributed by atoms with van der Waals surface area (Å²) >= 11 is 0.848. The van der Waals surface area contributed by atoms with Gasteiger partial charge in [-0.2, -0.15) is 0 Å². The van der Waals surface area contributed by atoms with Crippen LogP contribution in [0.3, 0.4) is 0 Å². The summed E-state index contributed by atoms with van der Waals surface area (Å²) in [6, 6.07) is 7.01. The van der Waals surface area contributed by atoms with Gasteiger partial charge in [-0.1, -0.05) is 12.1 Å². The molecule has 2 atom stereocenters. The summed E-state index contributed by atoms with van der Waals surface area (Å²) in [6.45, 7) is 2.68. The summed E-state index contributed by atoms with van der Waals surface area (Å²) in [5.74, 6) is 0.633. The summed E-state index contributed by atoms with van der Waals surface area (Å²) in [5.41, 5.74) is 1.25. The van der Waals surface area contributed by atoms with E-state index in [2.05, 4.69) is 20.6 Å². The van der Waals surface area contributed by atoms with Gasteiger partial charge in [-0.3, -0.25) is 14.9 Å². The Balaban J connectivity index is 1.51. The number of hydrogen-bond acceptors (Lipinski definition) is 8. The minimum atomic E-state index is -1.11. The van der Waals surface area contributed by atoms with E-state index in [9.17, 15) is 14.0 Å². The van der Waals surface area contributed by atoms with Gasteiger partial charge in [-0.25, -0.2) is 14.4 Å². The molecule has 0 radical (unpaired) electrons. The van der Waals surface area contributed by atoms with Crippen molar-refractivity contribution in [2.24, 2.45) is 0 Å². The van der Waals surface area contributed by atoms with Crippen molar-refractivity contribution in [3.63, 3.8) is 0 Å². The third-order valence-corrected chi connectivity index (χ3v) is 5.43. The van der Waals surface area contributed by atoms with Crippen LogP contribution in [0.2, 0.25) is 0 Å². The number of piperidine rings is 1. The molecule has 2 saturated heterocycles. The zero-order chi connectivity index (χ0) is 21.1. The molecule has 2 unspecified atom stereocenters. The number of nitrogens with zero attached hydrogens (tertiary/aromatic N) is 2. The molecule has 2 amide bonds. The zero-order valence-electron chi connectivity index (χ0n) is 16.1. The molecule has 2 N–H and O–H groups in total. The Bertz CT molecular complexity index is 1020. The molecule has 0 saturated carbocycles. The minimum absolute atomic E-state index is 0.252. The first-order chi connectivity index (χ1) is 14.5. The molecule has 0 spiro atoms. The van der Waals surface area contributed by atoms with Gasteiger partial charge in [0.05, 0.1) is 10.5 Å². The van der Waals surface area contributed by atoms with Crippen LogP contribution in [0.25, 0.3) is 6.08 Å². The maximum Gasteiger partial charge on any atom is 0.290 e. The van der Waals surface area contributed by atoms with Crippen molar-refractivity contribution in [3.05, 3.63) is 46.6 Å². The number of amides is 2. The van der Waals surface area contributed by atoms with E-state index in [0.717, 1.165) is 11.8 Å². The number of benzene rings is 1. The average molecular weight is 430 g/mol. The average Bonchev–Trinajstić information content (AvgIpc) is 3.03. The summed E-state index contributed by atoms with van der Waals surface area (Å²) in [5, 5.41) is 4.80. The number of carbonyl (C=O) groups excluding carboxylic acids is 2. The standard InChI is InChI=1S/C20H19FN4O4S/c1-11-18(23-10-24-19(11)29-15-5-6-22-9-14(15)21)28-13-4-2-3-12(7-13)8-16-17(26)25-20(27)30-16/h2-4,7-8,10,14-15,22H,5-6,9H2,1H3,(H,25,26,27)/b16-8-. The topological polar surface area (TPSA) is 102 Å². The number of halogens is 1. The molecule has 0 aliphatic carbocycles. The van der Waals surface area contributed by atoms with Gasteiger partial charge in [-0.15, -0.1) is 0 Å². The fourth-order valence-electron chi connectivity index (χ4n) is 3.07. The highest BCUT2D eigenvalue weighted by Crippen LogP contribution is 2.31. The molecular formula is C20H19FN4O4S. The Morgan fingerprint density at radius 3 is 2.87 bits per heavy atom. The predicted octanol–water partition coefficient (Wildman–Crippen LogP) is 2.98. The number of alkyl halides is 1. The van der Waals surface area contributed by atoms with Crippen LogP contribution < -0.4 is 20.1 Å². The van der Waals surface area contributed by atoms with Crippen LogP contribution >= 0.6 is 11.8 Å². The summed E-state index contributed by atoms with van der Waals surface area (Å²) in [6.07, 6.45) is 1.78. The predicted molar refractivity (Wildman–Crippen MR) is 109 cm³/mol. The molecule has 156 valence electrons. The quantitative estimate of drug-likeness (QED) is 0.698. The summed E-state index contributed by atoms with van der Waals surface area (Å²) in [7, 11) is 0. The smallest absolute Gasteiger partial charge is 0.290 e. The Kier molecular flexibility index (Phi) is 5.96. The molecule has 8 nitrogen and oxygen atoms in total. The van der Waals surface area contributed by atoms with Gasteiger partial charge in [0, 0.05) is 6.54 Å². The van der Waals surface area contributed by atoms with E-state index in [1.54, 1.807) is 37.3 Å². The van der Waals surface area contributed by atoms with Gasteiger partial charge in [-0.05, 0) is 55.4 Å². The number of nitrogens with one attached hydrogen (secondary N) is 2. The number of thioether (sulfide) groups is 1. The minimum Gasteiger partial charge on any atom is -0.471 e. The second kappa shape index (κ2) is 8.80. The van der Waals surface area contributed by atoms with Crippen LogP contribution in [0.15, 0.2) is 35.5 Å².